The summed E-state index contributed by atoms with van der Waals surface area (Å²) < 4.78 is 0. The molecular formula is C18H18N2O2S2. The van der Waals surface area contributed by atoms with Gasteiger partial charge in [-0.3, -0.25) is 0 Å². The smallest absolute Gasteiger partial charge is 0.315 e. The SMILES string of the molecule is O=C(NCc1cccs1)NCC(O)c1ccc(-c2cccs2)cc1. The van der Waals surface area contributed by atoms with E-state index in [0.717, 1.165) is 16.0 Å². The van der Waals surface area contributed by atoms with E-state index in [-0.39, 0.29) is 12.6 Å². The van der Waals surface area contributed by atoms with E-state index < -0.39 is 6.10 Å². The number of rotatable bonds is 6. The summed E-state index contributed by atoms with van der Waals surface area (Å²) in [6, 6.07) is 15.5. The van der Waals surface area contributed by atoms with Gasteiger partial charge in [-0.1, -0.05) is 36.4 Å². The topological polar surface area (TPSA) is 61.4 Å². The van der Waals surface area contributed by atoms with Gasteiger partial charge in [-0.2, -0.15) is 0 Å². The Morgan fingerprint density at radius 1 is 1.00 bits per heavy atom. The minimum absolute atomic E-state index is 0.175. The Bertz CT molecular complexity index is 753. The molecule has 0 fully saturated rings. The summed E-state index contributed by atoms with van der Waals surface area (Å²) >= 11 is 3.28. The van der Waals surface area contributed by atoms with Crippen molar-refractivity contribution in [3.05, 3.63) is 69.7 Å². The first-order valence-corrected chi connectivity index (χ1v) is 9.34. The molecule has 0 aliphatic rings. The number of carbonyl (C=O) groups is 1. The van der Waals surface area contributed by atoms with Crippen molar-refractivity contribution in [3.63, 3.8) is 0 Å². The van der Waals surface area contributed by atoms with Gasteiger partial charge in [0.1, 0.15) is 0 Å². The zero-order chi connectivity index (χ0) is 16.8. The van der Waals surface area contributed by atoms with Crippen LogP contribution in [-0.4, -0.2) is 17.7 Å². The second kappa shape index (κ2) is 8.10. The van der Waals surface area contributed by atoms with Crippen molar-refractivity contribution in [2.24, 2.45) is 0 Å². The van der Waals surface area contributed by atoms with E-state index in [0.29, 0.717) is 6.54 Å². The van der Waals surface area contributed by atoms with Crippen molar-refractivity contribution in [1.29, 1.82) is 0 Å². The Morgan fingerprint density at radius 3 is 2.42 bits per heavy atom. The summed E-state index contributed by atoms with van der Waals surface area (Å²) in [4.78, 5) is 14.0. The van der Waals surface area contributed by atoms with Crippen LogP contribution in [0.2, 0.25) is 0 Å². The number of aliphatic hydroxyl groups is 1. The molecule has 0 saturated heterocycles. The summed E-state index contributed by atoms with van der Waals surface area (Å²) in [5.74, 6) is 0. The van der Waals surface area contributed by atoms with Crippen LogP contribution in [0.25, 0.3) is 10.4 Å². The highest BCUT2D eigenvalue weighted by atomic mass is 32.1. The Morgan fingerprint density at radius 2 is 1.75 bits per heavy atom. The van der Waals surface area contributed by atoms with Crippen LogP contribution in [0.3, 0.4) is 0 Å². The molecule has 0 aliphatic heterocycles. The van der Waals surface area contributed by atoms with Crippen molar-refractivity contribution in [2.75, 3.05) is 6.54 Å². The van der Waals surface area contributed by atoms with Crippen LogP contribution in [0.4, 0.5) is 4.79 Å². The van der Waals surface area contributed by atoms with Gasteiger partial charge >= 0.3 is 6.03 Å². The van der Waals surface area contributed by atoms with Crippen LogP contribution >= 0.6 is 22.7 Å². The van der Waals surface area contributed by atoms with E-state index in [9.17, 15) is 9.90 Å². The highest BCUT2D eigenvalue weighted by Gasteiger charge is 2.10. The van der Waals surface area contributed by atoms with E-state index in [1.807, 2.05) is 53.2 Å². The number of thiophene rings is 2. The molecule has 24 heavy (non-hydrogen) atoms. The van der Waals surface area contributed by atoms with Crippen molar-refractivity contribution in [3.8, 4) is 10.4 Å². The van der Waals surface area contributed by atoms with Gasteiger partial charge in [0.05, 0.1) is 12.6 Å². The van der Waals surface area contributed by atoms with Crippen LogP contribution in [0.15, 0.2) is 59.3 Å². The Balaban J connectivity index is 1.47. The Labute approximate surface area is 148 Å². The highest BCUT2D eigenvalue weighted by Crippen LogP contribution is 2.25. The maximum atomic E-state index is 11.8. The first-order chi connectivity index (χ1) is 11.7. The number of benzene rings is 1. The van der Waals surface area contributed by atoms with Crippen LogP contribution in [-0.2, 0) is 6.54 Å². The average Bonchev–Trinajstić information content (AvgIpc) is 3.31. The number of hydrogen-bond acceptors (Lipinski definition) is 4. The molecule has 1 atom stereocenters. The molecule has 2 aromatic heterocycles. The largest absolute Gasteiger partial charge is 0.387 e. The van der Waals surface area contributed by atoms with Crippen LogP contribution in [0, 0.1) is 0 Å². The monoisotopic (exact) mass is 358 g/mol. The standard InChI is InChI=1S/C18H18N2O2S2/c21-16(12-20-18(22)19-11-15-3-1-9-23-15)13-5-7-14(8-6-13)17-4-2-10-24-17/h1-10,16,21H,11-12H2,(H2,19,20,22). The van der Waals surface area contributed by atoms with Gasteiger partial charge < -0.3 is 15.7 Å². The van der Waals surface area contributed by atoms with Crippen LogP contribution in [0.5, 0.6) is 0 Å². The summed E-state index contributed by atoms with van der Waals surface area (Å²) in [7, 11) is 0. The summed E-state index contributed by atoms with van der Waals surface area (Å²) in [6.07, 6.45) is -0.727. The fourth-order valence-electron chi connectivity index (χ4n) is 2.26. The molecular weight excluding hydrogens is 340 g/mol. The number of aliphatic hydroxyl groups excluding tert-OH is 1. The molecule has 1 unspecified atom stereocenters. The van der Waals surface area contributed by atoms with E-state index in [2.05, 4.69) is 16.7 Å². The molecule has 6 heteroatoms. The molecule has 3 N–H and O–H groups in total. The van der Waals surface area contributed by atoms with Crippen molar-refractivity contribution in [1.82, 2.24) is 10.6 Å². The summed E-state index contributed by atoms with van der Waals surface area (Å²) in [6.45, 7) is 0.670. The lowest BCUT2D eigenvalue weighted by Gasteiger charge is -2.13. The molecule has 0 saturated carbocycles. The molecule has 0 spiro atoms. The molecule has 4 nitrogen and oxygen atoms in total. The molecule has 0 bridgehead atoms. The number of urea groups is 1. The minimum atomic E-state index is -0.727. The molecule has 0 aliphatic carbocycles. The van der Waals surface area contributed by atoms with E-state index in [1.165, 1.54) is 4.88 Å². The van der Waals surface area contributed by atoms with Crippen molar-refractivity contribution in [2.45, 2.75) is 12.6 Å². The van der Waals surface area contributed by atoms with E-state index >= 15 is 0 Å². The minimum Gasteiger partial charge on any atom is -0.387 e. The lowest BCUT2D eigenvalue weighted by atomic mass is 10.1. The second-order valence-electron chi connectivity index (χ2n) is 5.26. The molecule has 2 heterocycles. The van der Waals surface area contributed by atoms with Gasteiger partial charge in [0.15, 0.2) is 0 Å². The average molecular weight is 358 g/mol. The fourth-order valence-corrected chi connectivity index (χ4v) is 3.64. The molecule has 1 aromatic carbocycles. The van der Waals surface area contributed by atoms with Gasteiger partial charge in [0.25, 0.3) is 0 Å². The lowest BCUT2D eigenvalue weighted by Crippen LogP contribution is -2.37. The number of nitrogens with one attached hydrogen (secondary N) is 2. The van der Waals surface area contributed by atoms with Crippen LogP contribution in [0.1, 0.15) is 16.5 Å². The lowest BCUT2D eigenvalue weighted by molar-refractivity contribution is 0.173. The van der Waals surface area contributed by atoms with Gasteiger partial charge in [-0.25, -0.2) is 4.79 Å². The molecule has 0 radical (unpaired) electrons. The summed E-state index contributed by atoms with van der Waals surface area (Å²) in [5, 5.41) is 19.7. The first-order valence-electron chi connectivity index (χ1n) is 7.58. The van der Waals surface area contributed by atoms with Crippen LogP contribution < -0.4 is 10.6 Å². The predicted octanol–water partition coefficient (Wildman–Crippen LogP) is 4.01. The third-order valence-corrected chi connectivity index (χ3v) is 5.36. The Kier molecular flexibility index (Phi) is 5.63. The van der Waals surface area contributed by atoms with E-state index in [1.54, 1.807) is 22.7 Å². The number of hydrogen-bond donors (Lipinski definition) is 3. The zero-order valence-electron chi connectivity index (χ0n) is 12.9. The Hall–Kier alpha value is -2.15. The number of carbonyl (C=O) groups excluding carboxylic acids is 1. The van der Waals surface area contributed by atoms with Gasteiger partial charge in [0, 0.05) is 16.3 Å². The molecule has 2 amide bonds. The third-order valence-electron chi connectivity index (χ3n) is 3.56. The quantitative estimate of drug-likeness (QED) is 0.623. The van der Waals surface area contributed by atoms with E-state index in [4.69, 9.17) is 0 Å². The van der Waals surface area contributed by atoms with Crippen molar-refractivity contribution >= 4 is 28.7 Å². The molecule has 3 rings (SSSR count). The zero-order valence-corrected chi connectivity index (χ0v) is 14.6. The number of amides is 2. The van der Waals surface area contributed by atoms with Gasteiger partial charge in [-0.05, 0) is 34.0 Å². The van der Waals surface area contributed by atoms with Gasteiger partial charge in [0.2, 0.25) is 0 Å². The van der Waals surface area contributed by atoms with Gasteiger partial charge in [-0.15, -0.1) is 22.7 Å². The highest BCUT2D eigenvalue weighted by molar-refractivity contribution is 7.13. The van der Waals surface area contributed by atoms with Crippen molar-refractivity contribution < 1.29 is 9.90 Å². The normalized spacial score (nSPS) is 11.9. The summed E-state index contributed by atoms with van der Waals surface area (Å²) in [5.41, 5.74) is 1.91. The second-order valence-corrected chi connectivity index (χ2v) is 7.24. The molecule has 124 valence electrons. The predicted molar refractivity (Wildman–Crippen MR) is 99.3 cm³/mol. The fraction of sp³-hybridized carbons (Fsp3) is 0.167. The third kappa shape index (κ3) is 4.44. The maximum Gasteiger partial charge on any atom is 0.315 e. The first kappa shape index (κ1) is 16.7. The molecule has 3 aromatic rings. The maximum absolute atomic E-state index is 11.8.